The summed E-state index contributed by atoms with van der Waals surface area (Å²) in [5.41, 5.74) is 0.511. The highest BCUT2D eigenvalue weighted by atomic mass is 16.5. The van der Waals surface area contributed by atoms with Gasteiger partial charge >= 0.3 is 0 Å². The molecule has 0 aromatic carbocycles. The Balaban J connectivity index is 1.37. The minimum absolute atomic E-state index is 0.0166. The summed E-state index contributed by atoms with van der Waals surface area (Å²) in [7, 11) is 0. The van der Waals surface area contributed by atoms with Gasteiger partial charge in [-0.05, 0) is 43.9 Å². The van der Waals surface area contributed by atoms with E-state index in [2.05, 4.69) is 15.3 Å². The van der Waals surface area contributed by atoms with Crippen LogP contribution in [0.1, 0.15) is 31.2 Å². The standard InChI is InChI=1S/C19H20N4O3/c20-10-14-3-8-19(22-11-14)26-16-6-4-15(5-7-16)23-18(24)13-25-17-2-1-9-21-12-17/h1-3,8-9,11-12,15-16H,4-7,13H2,(H,23,24). The first-order valence-electron chi connectivity index (χ1n) is 8.58. The second kappa shape index (κ2) is 8.81. The quantitative estimate of drug-likeness (QED) is 0.856. The lowest BCUT2D eigenvalue weighted by Gasteiger charge is -2.29. The van der Waals surface area contributed by atoms with E-state index in [1.165, 1.54) is 6.20 Å². The third kappa shape index (κ3) is 5.18. The van der Waals surface area contributed by atoms with Crippen LogP contribution < -0.4 is 14.8 Å². The molecule has 1 saturated carbocycles. The second-order valence-corrected chi connectivity index (χ2v) is 6.13. The predicted octanol–water partition coefficient (Wildman–Crippen LogP) is 2.23. The largest absolute Gasteiger partial charge is 0.482 e. The van der Waals surface area contributed by atoms with Gasteiger partial charge in [0.15, 0.2) is 6.61 Å². The van der Waals surface area contributed by atoms with Crippen molar-refractivity contribution in [3.8, 4) is 17.7 Å². The van der Waals surface area contributed by atoms with E-state index >= 15 is 0 Å². The highest BCUT2D eigenvalue weighted by Crippen LogP contribution is 2.23. The van der Waals surface area contributed by atoms with Gasteiger partial charge in [-0.2, -0.15) is 5.26 Å². The molecule has 2 heterocycles. The lowest BCUT2D eigenvalue weighted by molar-refractivity contribution is -0.124. The Labute approximate surface area is 152 Å². The molecule has 0 radical (unpaired) electrons. The Morgan fingerprint density at radius 2 is 2.08 bits per heavy atom. The third-order valence-electron chi connectivity index (χ3n) is 4.20. The zero-order chi connectivity index (χ0) is 18.2. The van der Waals surface area contributed by atoms with Crippen LogP contribution in [-0.4, -0.2) is 34.6 Å². The van der Waals surface area contributed by atoms with E-state index in [1.54, 1.807) is 36.7 Å². The van der Waals surface area contributed by atoms with E-state index < -0.39 is 0 Å². The average Bonchev–Trinajstić information content (AvgIpc) is 2.69. The van der Waals surface area contributed by atoms with Gasteiger partial charge in [0, 0.05) is 24.5 Å². The number of hydrogen-bond acceptors (Lipinski definition) is 6. The third-order valence-corrected chi connectivity index (χ3v) is 4.20. The van der Waals surface area contributed by atoms with Crippen LogP contribution >= 0.6 is 0 Å². The van der Waals surface area contributed by atoms with Gasteiger partial charge in [-0.3, -0.25) is 9.78 Å². The summed E-state index contributed by atoms with van der Waals surface area (Å²) in [6, 6.07) is 9.09. The number of aromatic nitrogens is 2. The highest BCUT2D eigenvalue weighted by molar-refractivity contribution is 5.77. The van der Waals surface area contributed by atoms with E-state index in [0.29, 0.717) is 17.2 Å². The molecule has 0 aliphatic heterocycles. The molecule has 7 heteroatoms. The van der Waals surface area contributed by atoms with Crippen LogP contribution in [0.3, 0.4) is 0 Å². The van der Waals surface area contributed by atoms with Crippen molar-refractivity contribution in [1.29, 1.82) is 5.26 Å². The Hall–Kier alpha value is -3.14. The van der Waals surface area contributed by atoms with Crippen LogP contribution in [0.2, 0.25) is 0 Å². The Morgan fingerprint density at radius 3 is 2.73 bits per heavy atom. The van der Waals surface area contributed by atoms with Crippen molar-refractivity contribution in [1.82, 2.24) is 15.3 Å². The van der Waals surface area contributed by atoms with Gasteiger partial charge in [0.2, 0.25) is 5.88 Å². The van der Waals surface area contributed by atoms with E-state index in [0.717, 1.165) is 25.7 Å². The number of nitriles is 1. The Morgan fingerprint density at radius 1 is 1.23 bits per heavy atom. The molecule has 1 aliphatic rings. The predicted molar refractivity (Wildman–Crippen MR) is 93.5 cm³/mol. The summed E-state index contributed by atoms with van der Waals surface area (Å²) < 4.78 is 11.2. The smallest absolute Gasteiger partial charge is 0.258 e. The molecule has 0 spiro atoms. The molecular weight excluding hydrogens is 332 g/mol. The fourth-order valence-electron chi connectivity index (χ4n) is 2.86. The summed E-state index contributed by atoms with van der Waals surface area (Å²) >= 11 is 0. The molecule has 1 fully saturated rings. The number of rotatable bonds is 6. The van der Waals surface area contributed by atoms with E-state index in [9.17, 15) is 4.79 Å². The van der Waals surface area contributed by atoms with Crippen molar-refractivity contribution in [2.45, 2.75) is 37.8 Å². The molecule has 0 unspecified atom stereocenters. The molecule has 0 atom stereocenters. The molecule has 1 amide bonds. The van der Waals surface area contributed by atoms with Gasteiger partial charge in [-0.1, -0.05) is 0 Å². The lowest BCUT2D eigenvalue weighted by atomic mass is 9.93. The molecule has 1 N–H and O–H groups in total. The minimum atomic E-state index is -0.132. The monoisotopic (exact) mass is 352 g/mol. The molecule has 26 heavy (non-hydrogen) atoms. The summed E-state index contributed by atoms with van der Waals surface area (Å²) in [4.78, 5) is 20.1. The first kappa shape index (κ1) is 17.7. The summed E-state index contributed by atoms with van der Waals surface area (Å²) in [6.45, 7) is -0.0166. The molecule has 3 rings (SSSR count). The molecule has 134 valence electrons. The Kier molecular flexibility index (Phi) is 5.99. The van der Waals surface area contributed by atoms with Crippen molar-refractivity contribution in [3.63, 3.8) is 0 Å². The summed E-state index contributed by atoms with van der Waals surface area (Å²) in [5.74, 6) is 0.975. The van der Waals surface area contributed by atoms with Crippen LogP contribution in [0.25, 0.3) is 0 Å². The number of carbonyl (C=O) groups excluding carboxylic acids is 1. The zero-order valence-electron chi connectivity index (χ0n) is 14.3. The fourth-order valence-corrected chi connectivity index (χ4v) is 2.86. The SMILES string of the molecule is N#Cc1ccc(OC2CCC(NC(=O)COc3cccnc3)CC2)nc1. The Bertz CT molecular complexity index is 751. The zero-order valence-corrected chi connectivity index (χ0v) is 14.3. The fraction of sp³-hybridized carbons (Fsp3) is 0.368. The molecule has 0 saturated heterocycles. The molecule has 7 nitrogen and oxygen atoms in total. The number of nitrogens with one attached hydrogen (secondary N) is 1. The number of pyridine rings is 2. The van der Waals surface area contributed by atoms with Crippen molar-refractivity contribution in [2.24, 2.45) is 0 Å². The normalized spacial score (nSPS) is 19.2. The average molecular weight is 352 g/mol. The summed E-state index contributed by atoms with van der Waals surface area (Å²) in [5, 5.41) is 11.8. The molecular formula is C19H20N4O3. The number of amides is 1. The van der Waals surface area contributed by atoms with Gasteiger partial charge in [-0.15, -0.1) is 0 Å². The summed E-state index contributed by atoms with van der Waals surface area (Å²) in [6.07, 6.45) is 8.19. The lowest BCUT2D eigenvalue weighted by Crippen LogP contribution is -2.41. The van der Waals surface area contributed by atoms with Gasteiger partial charge in [0.1, 0.15) is 17.9 Å². The highest BCUT2D eigenvalue weighted by Gasteiger charge is 2.24. The number of nitrogens with zero attached hydrogens (tertiary/aromatic N) is 3. The van der Waals surface area contributed by atoms with Gasteiger partial charge in [0.05, 0.1) is 11.8 Å². The van der Waals surface area contributed by atoms with Crippen LogP contribution in [0, 0.1) is 11.3 Å². The minimum Gasteiger partial charge on any atom is -0.482 e. The molecule has 0 bridgehead atoms. The van der Waals surface area contributed by atoms with Gasteiger partial charge in [-0.25, -0.2) is 4.98 Å². The van der Waals surface area contributed by atoms with E-state index in [-0.39, 0.29) is 24.7 Å². The maximum absolute atomic E-state index is 12.0. The van der Waals surface area contributed by atoms with Gasteiger partial charge in [0.25, 0.3) is 5.91 Å². The second-order valence-electron chi connectivity index (χ2n) is 6.13. The van der Waals surface area contributed by atoms with Crippen LogP contribution in [0.4, 0.5) is 0 Å². The topological polar surface area (TPSA) is 97.1 Å². The van der Waals surface area contributed by atoms with E-state index in [4.69, 9.17) is 14.7 Å². The maximum Gasteiger partial charge on any atom is 0.258 e. The van der Waals surface area contributed by atoms with Gasteiger partial charge < -0.3 is 14.8 Å². The van der Waals surface area contributed by atoms with Crippen LogP contribution in [-0.2, 0) is 4.79 Å². The van der Waals surface area contributed by atoms with Crippen LogP contribution in [0.5, 0.6) is 11.6 Å². The van der Waals surface area contributed by atoms with Crippen LogP contribution in [0.15, 0.2) is 42.9 Å². The molecule has 2 aromatic rings. The number of carbonyl (C=O) groups is 1. The number of ether oxygens (including phenoxy) is 2. The first-order chi connectivity index (χ1) is 12.7. The molecule has 1 aliphatic carbocycles. The first-order valence-corrected chi connectivity index (χ1v) is 8.58. The molecule has 2 aromatic heterocycles. The van der Waals surface area contributed by atoms with Crippen molar-refractivity contribution < 1.29 is 14.3 Å². The van der Waals surface area contributed by atoms with E-state index in [1.807, 2.05) is 6.07 Å². The van der Waals surface area contributed by atoms with Crippen molar-refractivity contribution in [2.75, 3.05) is 6.61 Å². The maximum atomic E-state index is 12.0. The van der Waals surface area contributed by atoms with Crippen molar-refractivity contribution >= 4 is 5.91 Å². The van der Waals surface area contributed by atoms with Crippen molar-refractivity contribution in [3.05, 3.63) is 48.4 Å². The number of hydrogen-bond donors (Lipinski definition) is 1.